The molecule has 1 amide bonds. The van der Waals surface area contributed by atoms with Crippen molar-refractivity contribution in [1.29, 1.82) is 0 Å². The zero-order valence-electron chi connectivity index (χ0n) is 11.6. The van der Waals surface area contributed by atoms with Crippen molar-refractivity contribution in [2.45, 2.75) is 24.3 Å². The molecule has 0 bridgehead atoms. The van der Waals surface area contributed by atoms with Crippen LogP contribution < -0.4 is 0 Å². The molecular weight excluding hydrogens is 346 g/mol. The molecule has 0 aromatic heterocycles. The minimum atomic E-state index is 0.0594. The van der Waals surface area contributed by atoms with E-state index in [1.165, 1.54) is 11.1 Å². The zero-order chi connectivity index (χ0) is 14.8. The molecule has 1 aliphatic rings. The van der Waals surface area contributed by atoms with E-state index < -0.39 is 0 Å². The van der Waals surface area contributed by atoms with Crippen LogP contribution in [0.4, 0.5) is 0 Å². The Kier molecular flexibility index (Phi) is 4.36. The fourth-order valence-electron chi connectivity index (χ4n) is 2.73. The molecule has 1 heterocycles. The highest BCUT2D eigenvalue weighted by Crippen LogP contribution is 2.24. The summed E-state index contributed by atoms with van der Waals surface area (Å²) < 4.78 is 0.935. The summed E-state index contributed by atoms with van der Waals surface area (Å²) >= 11 is 7.83. The maximum Gasteiger partial charge on any atom is 0.255 e. The molecule has 0 saturated heterocycles. The van der Waals surface area contributed by atoms with E-state index in [0.717, 1.165) is 23.9 Å². The standard InChI is InChI=1S/C17H16BrNOS/c18-14-7-8-15(16(21)10-14)17(20)19-9-3-6-12-4-1-2-5-13(12)11-19/h1-2,4-5,7-8,10,21H,3,6,9,11H2. The van der Waals surface area contributed by atoms with Gasteiger partial charge in [0.25, 0.3) is 5.91 Å². The molecule has 3 rings (SSSR count). The van der Waals surface area contributed by atoms with Crippen molar-refractivity contribution in [1.82, 2.24) is 4.90 Å². The maximum absolute atomic E-state index is 12.8. The number of thiol groups is 1. The number of halogens is 1. The molecule has 1 aliphatic heterocycles. The average molecular weight is 362 g/mol. The summed E-state index contributed by atoms with van der Waals surface area (Å²) in [7, 11) is 0. The number of nitrogens with zero attached hydrogens (tertiary/aromatic N) is 1. The van der Waals surface area contributed by atoms with Gasteiger partial charge in [-0.1, -0.05) is 40.2 Å². The first kappa shape index (κ1) is 14.7. The van der Waals surface area contributed by atoms with Crippen LogP contribution in [0.15, 0.2) is 51.8 Å². The summed E-state index contributed by atoms with van der Waals surface area (Å²) in [6.07, 6.45) is 2.04. The van der Waals surface area contributed by atoms with Gasteiger partial charge in [0.1, 0.15) is 0 Å². The average Bonchev–Trinajstić information content (AvgIpc) is 2.68. The lowest BCUT2D eigenvalue weighted by molar-refractivity contribution is 0.0742. The fraction of sp³-hybridized carbons (Fsp3) is 0.235. The molecule has 0 atom stereocenters. The summed E-state index contributed by atoms with van der Waals surface area (Å²) in [6.45, 7) is 1.47. The molecule has 4 heteroatoms. The zero-order valence-corrected chi connectivity index (χ0v) is 14.0. The summed E-state index contributed by atoms with van der Waals surface area (Å²) in [5, 5.41) is 0. The van der Waals surface area contributed by atoms with Crippen LogP contribution in [0.3, 0.4) is 0 Å². The molecule has 0 spiro atoms. The highest BCUT2D eigenvalue weighted by Gasteiger charge is 2.21. The summed E-state index contributed by atoms with van der Waals surface area (Å²) in [6, 6.07) is 14.0. The number of rotatable bonds is 1. The van der Waals surface area contributed by atoms with Crippen molar-refractivity contribution in [2.24, 2.45) is 0 Å². The van der Waals surface area contributed by atoms with Gasteiger partial charge in [0.15, 0.2) is 0 Å². The van der Waals surface area contributed by atoms with Gasteiger partial charge >= 0.3 is 0 Å². The van der Waals surface area contributed by atoms with E-state index in [4.69, 9.17) is 0 Å². The molecule has 0 unspecified atom stereocenters. The van der Waals surface area contributed by atoms with Gasteiger partial charge in [0.05, 0.1) is 5.56 Å². The second kappa shape index (κ2) is 6.24. The number of hydrogen-bond acceptors (Lipinski definition) is 2. The summed E-state index contributed by atoms with van der Waals surface area (Å²) in [4.78, 5) is 15.4. The Bertz CT molecular complexity index is 686. The Morgan fingerprint density at radius 1 is 1.14 bits per heavy atom. The van der Waals surface area contributed by atoms with E-state index in [2.05, 4.69) is 46.8 Å². The van der Waals surface area contributed by atoms with Crippen molar-refractivity contribution in [2.75, 3.05) is 6.54 Å². The highest BCUT2D eigenvalue weighted by atomic mass is 79.9. The Morgan fingerprint density at radius 3 is 2.67 bits per heavy atom. The van der Waals surface area contributed by atoms with Crippen molar-refractivity contribution >= 4 is 34.5 Å². The number of amides is 1. The van der Waals surface area contributed by atoms with Gasteiger partial charge in [-0.05, 0) is 42.2 Å². The van der Waals surface area contributed by atoms with Gasteiger partial charge in [-0.3, -0.25) is 4.79 Å². The van der Waals surface area contributed by atoms with E-state index in [1.54, 1.807) is 0 Å². The van der Waals surface area contributed by atoms with E-state index in [9.17, 15) is 4.79 Å². The van der Waals surface area contributed by atoms with E-state index in [0.29, 0.717) is 17.0 Å². The topological polar surface area (TPSA) is 20.3 Å². The van der Waals surface area contributed by atoms with Crippen LogP contribution in [-0.2, 0) is 13.0 Å². The third-order valence-corrected chi connectivity index (χ3v) is 4.69. The van der Waals surface area contributed by atoms with Crippen molar-refractivity contribution in [3.63, 3.8) is 0 Å². The number of fused-ring (bicyclic) bond motifs is 1. The number of benzene rings is 2. The van der Waals surface area contributed by atoms with E-state index in [-0.39, 0.29) is 5.91 Å². The lowest BCUT2D eigenvalue weighted by atomic mass is 10.0. The number of hydrogen-bond donors (Lipinski definition) is 1. The van der Waals surface area contributed by atoms with Crippen LogP contribution in [0.2, 0.25) is 0 Å². The molecule has 2 aromatic carbocycles. The summed E-state index contributed by atoms with van der Waals surface area (Å²) in [5.41, 5.74) is 3.27. The van der Waals surface area contributed by atoms with Crippen molar-refractivity contribution in [3.8, 4) is 0 Å². The summed E-state index contributed by atoms with van der Waals surface area (Å²) in [5.74, 6) is 0.0594. The van der Waals surface area contributed by atoms with Crippen molar-refractivity contribution in [3.05, 3.63) is 63.6 Å². The van der Waals surface area contributed by atoms with Crippen LogP contribution in [0.5, 0.6) is 0 Å². The van der Waals surface area contributed by atoms with Gasteiger partial charge in [-0.15, -0.1) is 12.6 Å². The Labute approximate surface area is 138 Å². The second-order valence-corrected chi connectivity index (χ2v) is 6.66. The van der Waals surface area contributed by atoms with Gasteiger partial charge in [-0.2, -0.15) is 0 Å². The number of aryl methyl sites for hydroxylation is 1. The maximum atomic E-state index is 12.8. The molecule has 2 nitrogen and oxygen atoms in total. The second-order valence-electron chi connectivity index (χ2n) is 5.26. The molecule has 21 heavy (non-hydrogen) atoms. The van der Waals surface area contributed by atoms with Gasteiger partial charge < -0.3 is 4.90 Å². The first-order chi connectivity index (χ1) is 10.1. The quantitative estimate of drug-likeness (QED) is 0.749. The Morgan fingerprint density at radius 2 is 1.90 bits per heavy atom. The van der Waals surface area contributed by atoms with Crippen LogP contribution in [0.25, 0.3) is 0 Å². The molecule has 0 N–H and O–H groups in total. The van der Waals surface area contributed by atoms with Crippen LogP contribution in [0.1, 0.15) is 27.9 Å². The molecule has 108 valence electrons. The van der Waals surface area contributed by atoms with Gasteiger partial charge in [0.2, 0.25) is 0 Å². The predicted octanol–water partition coefficient (Wildman–Crippen LogP) is 4.33. The Balaban J connectivity index is 1.88. The molecule has 0 aliphatic carbocycles. The molecule has 0 fully saturated rings. The lowest BCUT2D eigenvalue weighted by Gasteiger charge is -2.21. The highest BCUT2D eigenvalue weighted by molar-refractivity contribution is 9.10. The number of carbonyl (C=O) groups is 1. The van der Waals surface area contributed by atoms with Crippen molar-refractivity contribution < 1.29 is 4.79 Å². The van der Waals surface area contributed by atoms with Crippen LogP contribution in [0, 0.1) is 0 Å². The van der Waals surface area contributed by atoms with Gasteiger partial charge in [-0.25, -0.2) is 0 Å². The molecule has 2 aromatic rings. The normalized spacial score (nSPS) is 14.5. The lowest BCUT2D eigenvalue weighted by Crippen LogP contribution is -2.31. The van der Waals surface area contributed by atoms with Crippen LogP contribution in [-0.4, -0.2) is 17.4 Å². The fourth-order valence-corrected chi connectivity index (χ4v) is 3.58. The predicted molar refractivity (Wildman–Crippen MR) is 90.9 cm³/mol. The van der Waals surface area contributed by atoms with Gasteiger partial charge in [0, 0.05) is 22.5 Å². The number of carbonyl (C=O) groups excluding carboxylic acids is 1. The van der Waals surface area contributed by atoms with E-state index in [1.807, 2.05) is 29.2 Å². The Hall–Kier alpha value is -1.26. The monoisotopic (exact) mass is 361 g/mol. The minimum absolute atomic E-state index is 0.0594. The smallest absolute Gasteiger partial charge is 0.255 e. The largest absolute Gasteiger partial charge is 0.334 e. The minimum Gasteiger partial charge on any atom is -0.334 e. The third kappa shape index (κ3) is 3.16. The third-order valence-electron chi connectivity index (χ3n) is 3.83. The first-order valence-corrected chi connectivity index (χ1v) is 8.24. The molecular formula is C17H16BrNOS. The van der Waals surface area contributed by atoms with E-state index >= 15 is 0 Å². The molecule has 0 radical (unpaired) electrons. The molecule has 0 saturated carbocycles. The SMILES string of the molecule is O=C(c1ccc(Br)cc1S)N1CCCc2ccccc2C1. The first-order valence-electron chi connectivity index (χ1n) is 7.00. The van der Waals surface area contributed by atoms with Crippen LogP contribution >= 0.6 is 28.6 Å².